The normalized spacial score (nSPS) is 24.6. The standard InChI is InChI=1S/C18H38N2/c1-6-17-11-9-8-10-12-20(17)15-18(5,7-2)14-19-13-16(3)4/h16-17,19H,6-15H2,1-5H3. The second-order valence-electron chi connectivity index (χ2n) is 7.57. The fraction of sp³-hybridized carbons (Fsp3) is 1.00. The Hall–Kier alpha value is -0.0800. The molecule has 0 radical (unpaired) electrons. The second-order valence-corrected chi connectivity index (χ2v) is 7.57. The van der Waals surface area contributed by atoms with Crippen molar-refractivity contribution in [1.29, 1.82) is 0 Å². The van der Waals surface area contributed by atoms with E-state index in [0.29, 0.717) is 5.41 Å². The smallest absolute Gasteiger partial charge is 0.00928 e. The van der Waals surface area contributed by atoms with Gasteiger partial charge in [-0.05, 0) is 50.1 Å². The summed E-state index contributed by atoms with van der Waals surface area (Å²) < 4.78 is 0. The third-order valence-corrected chi connectivity index (χ3v) is 5.01. The molecule has 0 amide bonds. The van der Waals surface area contributed by atoms with Gasteiger partial charge in [0, 0.05) is 19.1 Å². The van der Waals surface area contributed by atoms with E-state index in [-0.39, 0.29) is 0 Å². The Morgan fingerprint density at radius 1 is 1.20 bits per heavy atom. The number of likely N-dealkylation sites (tertiary alicyclic amines) is 1. The van der Waals surface area contributed by atoms with Gasteiger partial charge in [0.15, 0.2) is 0 Å². The summed E-state index contributed by atoms with van der Waals surface area (Å²) >= 11 is 0. The van der Waals surface area contributed by atoms with E-state index in [9.17, 15) is 0 Å². The van der Waals surface area contributed by atoms with Gasteiger partial charge in [-0.2, -0.15) is 0 Å². The van der Waals surface area contributed by atoms with Gasteiger partial charge < -0.3 is 5.32 Å². The first kappa shape index (κ1) is 18.0. The molecule has 1 heterocycles. The van der Waals surface area contributed by atoms with E-state index in [2.05, 4.69) is 44.8 Å². The lowest BCUT2D eigenvalue weighted by molar-refractivity contribution is 0.112. The van der Waals surface area contributed by atoms with Crippen molar-refractivity contribution in [1.82, 2.24) is 10.2 Å². The van der Waals surface area contributed by atoms with Gasteiger partial charge in [-0.1, -0.05) is 47.5 Å². The van der Waals surface area contributed by atoms with Crippen LogP contribution < -0.4 is 5.32 Å². The topological polar surface area (TPSA) is 15.3 Å². The summed E-state index contributed by atoms with van der Waals surface area (Å²) in [5, 5.41) is 3.69. The Balaban J connectivity index is 2.54. The van der Waals surface area contributed by atoms with Gasteiger partial charge in [-0.3, -0.25) is 4.90 Å². The molecule has 1 saturated heterocycles. The average molecular weight is 283 g/mol. The highest BCUT2D eigenvalue weighted by atomic mass is 15.2. The first-order valence-electron chi connectivity index (χ1n) is 8.95. The van der Waals surface area contributed by atoms with Crippen molar-refractivity contribution in [2.24, 2.45) is 11.3 Å². The van der Waals surface area contributed by atoms with Crippen LogP contribution in [0.2, 0.25) is 0 Å². The predicted molar refractivity (Wildman–Crippen MR) is 90.2 cm³/mol. The Morgan fingerprint density at radius 3 is 2.55 bits per heavy atom. The van der Waals surface area contributed by atoms with Crippen LogP contribution in [0.5, 0.6) is 0 Å². The van der Waals surface area contributed by atoms with Crippen molar-refractivity contribution >= 4 is 0 Å². The molecule has 0 spiro atoms. The first-order valence-corrected chi connectivity index (χ1v) is 8.95. The minimum absolute atomic E-state index is 0.423. The van der Waals surface area contributed by atoms with Gasteiger partial charge >= 0.3 is 0 Å². The van der Waals surface area contributed by atoms with E-state index in [1.54, 1.807) is 0 Å². The maximum Gasteiger partial charge on any atom is 0.00928 e. The van der Waals surface area contributed by atoms with E-state index >= 15 is 0 Å². The Morgan fingerprint density at radius 2 is 1.95 bits per heavy atom. The molecule has 0 aromatic rings. The first-order chi connectivity index (χ1) is 9.50. The van der Waals surface area contributed by atoms with Crippen molar-refractivity contribution in [3.8, 4) is 0 Å². The summed E-state index contributed by atoms with van der Waals surface area (Å²) in [5.74, 6) is 0.748. The highest BCUT2D eigenvalue weighted by Crippen LogP contribution is 2.27. The molecule has 2 nitrogen and oxygen atoms in total. The van der Waals surface area contributed by atoms with E-state index in [1.165, 1.54) is 51.6 Å². The highest BCUT2D eigenvalue weighted by Gasteiger charge is 2.29. The molecule has 2 unspecified atom stereocenters. The molecule has 1 fully saturated rings. The van der Waals surface area contributed by atoms with Gasteiger partial charge in [0.1, 0.15) is 0 Å². The summed E-state index contributed by atoms with van der Waals surface area (Å²) in [6.45, 7) is 16.7. The molecule has 2 atom stereocenters. The van der Waals surface area contributed by atoms with Gasteiger partial charge in [0.2, 0.25) is 0 Å². The molecular weight excluding hydrogens is 244 g/mol. The third-order valence-electron chi connectivity index (χ3n) is 5.01. The van der Waals surface area contributed by atoms with Crippen LogP contribution in [0.4, 0.5) is 0 Å². The third kappa shape index (κ3) is 6.13. The minimum atomic E-state index is 0.423. The summed E-state index contributed by atoms with van der Waals surface area (Å²) in [7, 11) is 0. The summed E-state index contributed by atoms with van der Waals surface area (Å²) in [6.07, 6.45) is 8.26. The van der Waals surface area contributed by atoms with Crippen LogP contribution in [0.15, 0.2) is 0 Å². The second kappa shape index (κ2) is 9.04. The molecule has 0 aliphatic carbocycles. The van der Waals surface area contributed by atoms with Gasteiger partial charge in [0.25, 0.3) is 0 Å². The van der Waals surface area contributed by atoms with E-state index in [0.717, 1.165) is 25.0 Å². The zero-order chi connectivity index (χ0) is 15.0. The van der Waals surface area contributed by atoms with E-state index in [4.69, 9.17) is 0 Å². The van der Waals surface area contributed by atoms with Crippen molar-refractivity contribution in [3.63, 3.8) is 0 Å². The van der Waals surface area contributed by atoms with Crippen molar-refractivity contribution in [3.05, 3.63) is 0 Å². The van der Waals surface area contributed by atoms with Gasteiger partial charge in [-0.15, -0.1) is 0 Å². The molecule has 2 heteroatoms. The molecule has 120 valence electrons. The van der Waals surface area contributed by atoms with Gasteiger partial charge in [-0.25, -0.2) is 0 Å². The van der Waals surface area contributed by atoms with Gasteiger partial charge in [0.05, 0.1) is 0 Å². The minimum Gasteiger partial charge on any atom is -0.316 e. The van der Waals surface area contributed by atoms with Crippen LogP contribution >= 0.6 is 0 Å². The van der Waals surface area contributed by atoms with Crippen LogP contribution in [0.1, 0.15) is 73.1 Å². The van der Waals surface area contributed by atoms with E-state index in [1.807, 2.05) is 0 Å². The predicted octanol–water partition coefficient (Wildman–Crippen LogP) is 4.30. The molecule has 0 bridgehead atoms. The van der Waals surface area contributed by atoms with E-state index < -0.39 is 0 Å². The molecule has 1 aliphatic heterocycles. The largest absolute Gasteiger partial charge is 0.316 e. The lowest BCUT2D eigenvalue weighted by atomic mass is 9.86. The summed E-state index contributed by atoms with van der Waals surface area (Å²) in [6, 6.07) is 0.827. The Kier molecular flexibility index (Phi) is 8.13. The summed E-state index contributed by atoms with van der Waals surface area (Å²) in [4.78, 5) is 2.80. The monoisotopic (exact) mass is 282 g/mol. The lowest BCUT2D eigenvalue weighted by Gasteiger charge is -2.38. The molecular formula is C18H38N2. The van der Waals surface area contributed by atoms with Crippen LogP contribution in [-0.4, -0.2) is 37.1 Å². The SMILES string of the molecule is CCC1CCCCCN1CC(C)(CC)CNCC(C)C. The Bertz CT molecular complexity index is 252. The van der Waals surface area contributed by atoms with Crippen molar-refractivity contribution in [2.45, 2.75) is 79.2 Å². The van der Waals surface area contributed by atoms with Crippen LogP contribution in [-0.2, 0) is 0 Å². The quantitative estimate of drug-likeness (QED) is 0.714. The molecule has 1 rings (SSSR count). The number of rotatable bonds is 8. The maximum atomic E-state index is 3.69. The lowest BCUT2D eigenvalue weighted by Crippen LogP contribution is -2.46. The number of nitrogens with one attached hydrogen (secondary N) is 1. The maximum absolute atomic E-state index is 3.69. The molecule has 0 aromatic carbocycles. The summed E-state index contributed by atoms with van der Waals surface area (Å²) in [5.41, 5.74) is 0.423. The van der Waals surface area contributed by atoms with Crippen molar-refractivity contribution in [2.75, 3.05) is 26.2 Å². The zero-order valence-electron chi connectivity index (χ0n) is 14.7. The molecule has 1 N–H and O–H groups in total. The molecule has 20 heavy (non-hydrogen) atoms. The number of nitrogens with zero attached hydrogens (tertiary/aromatic N) is 1. The fourth-order valence-electron chi connectivity index (χ4n) is 3.35. The van der Waals surface area contributed by atoms with Crippen LogP contribution in [0.25, 0.3) is 0 Å². The highest BCUT2D eigenvalue weighted by molar-refractivity contribution is 4.84. The molecule has 1 aliphatic rings. The van der Waals surface area contributed by atoms with Crippen molar-refractivity contribution < 1.29 is 0 Å². The number of hydrogen-bond donors (Lipinski definition) is 1. The zero-order valence-corrected chi connectivity index (χ0v) is 14.7. The fourth-order valence-corrected chi connectivity index (χ4v) is 3.35. The van der Waals surface area contributed by atoms with Crippen LogP contribution in [0, 0.1) is 11.3 Å². The average Bonchev–Trinajstić information content (AvgIpc) is 2.63. The number of hydrogen-bond acceptors (Lipinski definition) is 2. The molecule has 0 aromatic heterocycles. The van der Waals surface area contributed by atoms with Crippen LogP contribution in [0.3, 0.4) is 0 Å². The Labute approximate surface area is 127 Å². The molecule has 0 saturated carbocycles.